The van der Waals surface area contributed by atoms with E-state index in [9.17, 15) is 21.6 Å². The maximum absolute atomic E-state index is 12.6. The Bertz CT molecular complexity index is 977. The van der Waals surface area contributed by atoms with E-state index >= 15 is 0 Å². The van der Waals surface area contributed by atoms with Crippen molar-refractivity contribution in [2.45, 2.75) is 25.7 Å². The van der Waals surface area contributed by atoms with Crippen LogP contribution < -0.4 is 5.32 Å². The third-order valence-electron chi connectivity index (χ3n) is 6.02. The highest BCUT2D eigenvalue weighted by Gasteiger charge is 2.31. The zero-order chi connectivity index (χ0) is 22.5. The van der Waals surface area contributed by atoms with Crippen LogP contribution in [-0.2, 0) is 24.8 Å². The summed E-state index contributed by atoms with van der Waals surface area (Å²) in [6, 6.07) is 9.26. The summed E-state index contributed by atoms with van der Waals surface area (Å²) < 4.78 is 51.2. The lowest BCUT2D eigenvalue weighted by atomic mass is 9.95. The molecule has 172 valence electrons. The van der Waals surface area contributed by atoms with Gasteiger partial charge in [0.25, 0.3) is 0 Å². The fourth-order valence-electron chi connectivity index (χ4n) is 4.02. The largest absolute Gasteiger partial charge is 0.356 e. The summed E-state index contributed by atoms with van der Waals surface area (Å²) >= 11 is 0. The van der Waals surface area contributed by atoms with Crippen LogP contribution in [0.15, 0.2) is 35.7 Å². The predicted octanol–water partition coefficient (Wildman–Crippen LogP) is 1.49. The molecule has 0 bridgehead atoms. The number of hydrogen-bond donors (Lipinski definition) is 1. The van der Waals surface area contributed by atoms with E-state index in [-0.39, 0.29) is 17.7 Å². The predicted molar refractivity (Wildman–Crippen MR) is 121 cm³/mol. The van der Waals surface area contributed by atoms with Crippen LogP contribution >= 0.6 is 0 Å². The van der Waals surface area contributed by atoms with Gasteiger partial charge in [0.2, 0.25) is 26.0 Å². The number of nitrogens with zero attached hydrogens (tertiary/aromatic N) is 2. The molecule has 1 N–H and O–H groups in total. The zero-order valence-corrected chi connectivity index (χ0v) is 19.4. The van der Waals surface area contributed by atoms with E-state index in [2.05, 4.69) is 5.32 Å². The Hall–Kier alpha value is -1.75. The van der Waals surface area contributed by atoms with Crippen LogP contribution in [0.2, 0.25) is 0 Å². The van der Waals surface area contributed by atoms with Gasteiger partial charge in [-0.15, -0.1) is 0 Å². The molecule has 8 nitrogen and oxygen atoms in total. The lowest BCUT2D eigenvalue weighted by Crippen LogP contribution is -2.44. The standard InChI is InChI=1S/C21H31N3O5S2/c1-30(26,27)23-12-7-19(8-13-23)17-22-21(25)20-9-14-24(15-10-20)31(28,29)16-11-18-5-3-2-4-6-18/h2-6,11,16,19-20H,7-10,12-15,17H2,1H3,(H,22,25)/b16-11+. The second-order valence-corrected chi connectivity index (χ2v) is 12.1. The number of nitrogens with one attached hydrogen (secondary N) is 1. The molecule has 2 aliphatic rings. The summed E-state index contributed by atoms with van der Waals surface area (Å²) in [5.41, 5.74) is 0.822. The van der Waals surface area contributed by atoms with E-state index in [1.54, 1.807) is 6.08 Å². The average Bonchev–Trinajstić information content (AvgIpc) is 2.76. The van der Waals surface area contributed by atoms with Crippen LogP contribution in [0.1, 0.15) is 31.2 Å². The molecule has 2 heterocycles. The summed E-state index contributed by atoms with van der Waals surface area (Å²) in [5.74, 6) is 0.0358. The highest BCUT2D eigenvalue weighted by molar-refractivity contribution is 7.92. The highest BCUT2D eigenvalue weighted by Crippen LogP contribution is 2.22. The first-order valence-corrected chi connectivity index (χ1v) is 14.0. The minimum Gasteiger partial charge on any atom is -0.356 e. The Balaban J connectivity index is 1.42. The second kappa shape index (κ2) is 10.2. The molecule has 31 heavy (non-hydrogen) atoms. The van der Waals surface area contributed by atoms with E-state index < -0.39 is 20.0 Å². The molecule has 2 saturated heterocycles. The fourth-order valence-corrected chi connectivity index (χ4v) is 6.12. The lowest BCUT2D eigenvalue weighted by molar-refractivity contribution is -0.126. The molecule has 2 fully saturated rings. The molecule has 0 saturated carbocycles. The molecule has 0 spiro atoms. The molecule has 3 rings (SSSR count). The van der Waals surface area contributed by atoms with Gasteiger partial charge in [0.15, 0.2) is 0 Å². The first-order valence-electron chi connectivity index (χ1n) is 10.6. The number of piperidine rings is 2. The highest BCUT2D eigenvalue weighted by atomic mass is 32.2. The minimum absolute atomic E-state index is 0.0394. The van der Waals surface area contributed by atoms with Gasteiger partial charge in [-0.2, -0.15) is 4.31 Å². The maximum Gasteiger partial charge on any atom is 0.236 e. The Morgan fingerprint density at radius 3 is 2.13 bits per heavy atom. The van der Waals surface area contributed by atoms with Crippen LogP contribution in [0.5, 0.6) is 0 Å². The summed E-state index contributed by atoms with van der Waals surface area (Å²) in [6.45, 7) is 2.17. The molecule has 1 aromatic rings. The van der Waals surface area contributed by atoms with Crippen LogP contribution in [0.4, 0.5) is 0 Å². The van der Waals surface area contributed by atoms with E-state index in [0.29, 0.717) is 45.6 Å². The van der Waals surface area contributed by atoms with Gasteiger partial charge in [-0.25, -0.2) is 21.1 Å². The normalized spacial score (nSPS) is 20.8. The minimum atomic E-state index is -3.51. The van der Waals surface area contributed by atoms with Gasteiger partial charge in [-0.1, -0.05) is 30.3 Å². The molecule has 1 aromatic carbocycles. The molecule has 0 aromatic heterocycles. The van der Waals surface area contributed by atoms with E-state index in [4.69, 9.17) is 0 Å². The number of amides is 1. The third-order valence-corrected chi connectivity index (χ3v) is 8.89. The van der Waals surface area contributed by atoms with Crippen LogP contribution in [-0.4, -0.2) is 70.3 Å². The van der Waals surface area contributed by atoms with Crippen LogP contribution in [0.3, 0.4) is 0 Å². The monoisotopic (exact) mass is 469 g/mol. The lowest BCUT2D eigenvalue weighted by Gasteiger charge is -2.32. The van der Waals surface area contributed by atoms with Gasteiger partial charge < -0.3 is 5.32 Å². The Labute approximate surface area is 185 Å². The smallest absolute Gasteiger partial charge is 0.236 e. The molecule has 10 heteroatoms. The third kappa shape index (κ3) is 6.86. The van der Waals surface area contributed by atoms with Crippen molar-refractivity contribution >= 4 is 32.0 Å². The van der Waals surface area contributed by atoms with Crippen molar-refractivity contribution in [2.24, 2.45) is 11.8 Å². The molecule has 0 aliphatic carbocycles. The van der Waals surface area contributed by atoms with Crippen molar-refractivity contribution in [1.29, 1.82) is 0 Å². The summed E-state index contributed by atoms with van der Waals surface area (Å²) in [4.78, 5) is 12.5. The fraction of sp³-hybridized carbons (Fsp3) is 0.571. The van der Waals surface area contributed by atoms with Crippen molar-refractivity contribution in [3.63, 3.8) is 0 Å². The summed E-state index contributed by atoms with van der Waals surface area (Å²) in [5, 5.41) is 4.21. The molecule has 0 radical (unpaired) electrons. The Morgan fingerprint density at radius 2 is 1.55 bits per heavy atom. The molecule has 2 aliphatic heterocycles. The van der Waals surface area contributed by atoms with Crippen LogP contribution in [0, 0.1) is 11.8 Å². The maximum atomic E-state index is 12.6. The number of carbonyl (C=O) groups excluding carboxylic acids is 1. The summed E-state index contributed by atoms with van der Waals surface area (Å²) in [6.07, 6.45) is 5.27. The molecule has 1 amide bonds. The van der Waals surface area contributed by atoms with Crippen LogP contribution in [0.25, 0.3) is 6.08 Å². The quantitative estimate of drug-likeness (QED) is 0.652. The van der Waals surface area contributed by atoms with Gasteiger partial charge in [0, 0.05) is 44.0 Å². The Morgan fingerprint density at radius 1 is 0.968 bits per heavy atom. The van der Waals surface area contributed by atoms with Gasteiger partial charge in [0.05, 0.1) is 6.26 Å². The van der Waals surface area contributed by atoms with Gasteiger partial charge in [0.1, 0.15) is 0 Å². The molecular weight excluding hydrogens is 438 g/mol. The topological polar surface area (TPSA) is 104 Å². The molecule has 0 unspecified atom stereocenters. The van der Waals surface area contributed by atoms with Crippen molar-refractivity contribution < 1.29 is 21.6 Å². The first kappa shape index (κ1) is 23.9. The number of rotatable bonds is 7. The number of sulfonamides is 2. The number of benzene rings is 1. The number of hydrogen-bond acceptors (Lipinski definition) is 5. The van der Waals surface area contributed by atoms with Crippen molar-refractivity contribution in [1.82, 2.24) is 13.9 Å². The van der Waals surface area contributed by atoms with E-state index in [1.165, 1.54) is 20.3 Å². The van der Waals surface area contributed by atoms with Crippen molar-refractivity contribution in [2.75, 3.05) is 39.0 Å². The Kier molecular flexibility index (Phi) is 7.90. The molecular formula is C21H31N3O5S2. The SMILES string of the molecule is CS(=O)(=O)N1CCC(CNC(=O)C2CCN(S(=O)(=O)/C=C/c3ccccc3)CC2)CC1. The van der Waals surface area contributed by atoms with Crippen molar-refractivity contribution in [3.8, 4) is 0 Å². The number of carbonyl (C=O) groups is 1. The van der Waals surface area contributed by atoms with Gasteiger partial charge >= 0.3 is 0 Å². The van der Waals surface area contributed by atoms with Gasteiger partial charge in [-0.05, 0) is 43.2 Å². The molecule has 0 atom stereocenters. The average molecular weight is 470 g/mol. The second-order valence-electron chi connectivity index (χ2n) is 8.28. The van der Waals surface area contributed by atoms with E-state index in [0.717, 1.165) is 18.4 Å². The first-order chi connectivity index (χ1) is 14.6. The van der Waals surface area contributed by atoms with Crippen molar-refractivity contribution in [3.05, 3.63) is 41.3 Å². The zero-order valence-electron chi connectivity index (χ0n) is 17.8. The van der Waals surface area contributed by atoms with E-state index in [1.807, 2.05) is 30.3 Å². The van der Waals surface area contributed by atoms with Gasteiger partial charge in [-0.3, -0.25) is 4.79 Å². The summed E-state index contributed by atoms with van der Waals surface area (Å²) in [7, 11) is -6.66.